The Morgan fingerprint density at radius 3 is 3.05 bits per heavy atom. The zero-order valence-electron chi connectivity index (χ0n) is 12.1. The molecule has 0 radical (unpaired) electrons. The van der Waals surface area contributed by atoms with E-state index in [1.807, 2.05) is 32.0 Å². The van der Waals surface area contributed by atoms with Crippen molar-refractivity contribution in [3.05, 3.63) is 23.5 Å². The van der Waals surface area contributed by atoms with Gasteiger partial charge in [-0.15, -0.1) is 0 Å². The number of aryl methyl sites for hydroxylation is 2. The summed E-state index contributed by atoms with van der Waals surface area (Å²) in [5.74, 6) is 0.0437. The summed E-state index contributed by atoms with van der Waals surface area (Å²) in [7, 11) is 3.71. The summed E-state index contributed by atoms with van der Waals surface area (Å²) in [6.07, 6.45) is 2.72. The quantitative estimate of drug-likeness (QED) is 0.875. The van der Waals surface area contributed by atoms with Gasteiger partial charge in [0.1, 0.15) is 0 Å². The number of carbonyl (C=O) groups is 1. The Morgan fingerprint density at radius 2 is 2.35 bits per heavy atom. The zero-order valence-corrected chi connectivity index (χ0v) is 12.1. The van der Waals surface area contributed by atoms with E-state index in [-0.39, 0.29) is 11.9 Å². The van der Waals surface area contributed by atoms with E-state index >= 15 is 0 Å². The largest absolute Gasteiger partial charge is 0.337 e. The zero-order chi connectivity index (χ0) is 14.3. The first-order chi connectivity index (χ1) is 9.58. The monoisotopic (exact) mass is 273 g/mol. The molecule has 20 heavy (non-hydrogen) atoms. The van der Waals surface area contributed by atoms with Crippen LogP contribution in [0.15, 0.2) is 12.3 Å². The summed E-state index contributed by atoms with van der Waals surface area (Å²) < 4.78 is 1.70. The molecule has 1 fully saturated rings. The number of fused-ring (bicyclic) bond motifs is 1. The van der Waals surface area contributed by atoms with E-state index in [1.165, 1.54) is 0 Å². The lowest BCUT2D eigenvalue weighted by molar-refractivity contribution is 0.0745. The number of nitrogens with zero attached hydrogens (tertiary/aromatic N) is 4. The van der Waals surface area contributed by atoms with Crippen LogP contribution in [0.25, 0.3) is 11.0 Å². The molecule has 0 aromatic carbocycles. The highest BCUT2D eigenvalue weighted by atomic mass is 16.2. The van der Waals surface area contributed by atoms with Gasteiger partial charge in [0.05, 0.1) is 17.1 Å². The third-order valence-corrected chi connectivity index (χ3v) is 3.97. The van der Waals surface area contributed by atoms with Crippen LogP contribution >= 0.6 is 0 Å². The highest BCUT2D eigenvalue weighted by molar-refractivity contribution is 6.05. The first kappa shape index (κ1) is 13.1. The van der Waals surface area contributed by atoms with E-state index in [9.17, 15) is 4.79 Å². The predicted octanol–water partition coefficient (Wildman–Crippen LogP) is 0.711. The van der Waals surface area contributed by atoms with Crippen molar-refractivity contribution in [1.82, 2.24) is 25.0 Å². The Kier molecular flexibility index (Phi) is 3.17. The highest BCUT2D eigenvalue weighted by Gasteiger charge is 2.26. The van der Waals surface area contributed by atoms with E-state index in [1.54, 1.807) is 10.9 Å². The molecule has 6 heteroatoms. The van der Waals surface area contributed by atoms with Crippen LogP contribution in [-0.2, 0) is 7.05 Å². The van der Waals surface area contributed by atoms with Crippen molar-refractivity contribution in [2.45, 2.75) is 19.4 Å². The van der Waals surface area contributed by atoms with Crippen LogP contribution in [0.5, 0.6) is 0 Å². The second kappa shape index (κ2) is 4.86. The fourth-order valence-electron chi connectivity index (χ4n) is 2.74. The lowest BCUT2D eigenvalue weighted by Crippen LogP contribution is -2.38. The smallest absolute Gasteiger partial charge is 0.254 e. The van der Waals surface area contributed by atoms with Gasteiger partial charge in [0.15, 0.2) is 5.65 Å². The Bertz CT molecular complexity index is 657. The number of amides is 1. The molecule has 2 aromatic rings. The van der Waals surface area contributed by atoms with E-state index in [2.05, 4.69) is 15.4 Å². The van der Waals surface area contributed by atoms with Crippen LogP contribution in [0.3, 0.4) is 0 Å². The Morgan fingerprint density at radius 1 is 1.55 bits per heavy atom. The van der Waals surface area contributed by atoms with Gasteiger partial charge >= 0.3 is 0 Å². The third-order valence-electron chi connectivity index (χ3n) is 3.97. The minimum Gasteiger partial charge on any atom is -0.337 e. The molecule has 0 aliphatic carbocycles. The van der Waals surface area contributed by atoms with Crippen molar-refractivity contribution in [3.8, 4) is 0 Å². The molecule has 0 unspecified atom stereocenters. The summed E-state index contributed by atoms with van der Waals surface area (Å²) in [6, 6.07) is 2.12. The number of likely N-dealkylation sites (N-methyl/N-ethyl adjacent to an activating group) is 1. The summed E-state index contributed by atoms with van der Waals surface area (Å²) >= 11 is 0. The topological polar surface area (TPSA) is 63.1 Å². The summed E-state index contributed by atoms with van der Waals surface area (Å²) in [4.78, 5) is 19.0. The molecule has 1 aliphatic rings. The van der Waals surface area contributed by atoms with Gasteiger partial charge in [-0.2, -0.15) is 5.10 Å². The molecule has 1 aliphatic heterocycles. The first-order valence-corrected chi connectivity index (χ1v) is 6.85. The Labute approximate surface area is 117 Å². The molecule has 1 atom stereocenters. The minimum atomic E-state index is 0.0437. The van der Waals surface area contributed by atoms with Crippen molar-refractivity contribution < 1.29 is 4.79 Å². The summed E-state index contributed by atoms with van der Waals surface area (Å²) in [5.41, 5.74) is 2.28. The number of nitrogens with one attached hydrogen (secondary N) is 1. The van der Waals surface area contributed by atoms with Crippen molar-refractivity contribution >= 4 is 16.9 Å². The van der Waals surface area contributed by atoms with Gasteiger partial charge in [-0.25, -0.2) is 4.98 Å². The lowest BCUT2D eigenvalue weighted by atomic mass is 10.1. The summed E-state index contributed by atoms with van der Waals surface area (Å²) in [6.45, 7) is 3.74. The molecular formula is C14H19N5O. The van der Waals surface area contributed by atoms with E-state index in [4.69, 9.17) is 0 Å². The average Bonchev–Trinajstić information content (AvgIpc) is 3.07. The van der Waals surface area contributed by atoms with E-state index in [0.717, 1.165) is 36.2 Å². The van der Waals surface area contributed by atoms with Crippen LogP contribution in [0.1, 0.15) is 22.5 Å². The number of rotatable bonds is 2. The lowest BCUT2D eigenvalue weighted by Gasteiger charge is -2.24. The summed E-state index contributed by atoms with van der Waals surface area (Å²) in [5, 5.41) is 8.32. The van der Waals surface area contributed by atoms with Gasteiger partial charge in [-0.1, -0.05) is 0 Å². The normalized spacial score (nSPS) is 18.6. The highest BCUT2D eigenvalue weighted by Crippen LogP contribution is 2.20. The standard InChI is InChI=1S/C14H19N5O/c1-9-6-11(12-8-16-19(3)13(12)17-9)14(20)18(2)10-4-5-15-7-10/h6,8,10,15H,4-5,7H2,1-3H3/t10-/m0/s1. The van der Waals surface area contributed by atoms with Crippen LogP contribution in [-0.4, -0.2) is 51.8 Å². The molecule has 3 heterocycles. The van der Waals surface area contributed by atoms with Crippen molar-refractivity contribution in [1.29, 1.82) is 0 Å². The second-order valence-electron chi connectivity index (χ2n) is 5.38. The Hall–Kier alpha value is -1.95. The number of carbonyl (C=O) groups excluding carboxylic acids is 1. The maximum atomic E-state index is 12.7. The third kappa shape index (κ3) is 2.06. The molecular weight excluding hydrogens is 254 g/mol. The number of hydrogen-bond donors (Lipinski definition) is 1. The van der Waals surface area contributed by atoms with Gasteiger partial charge in [0.2, 0.25) is 0 Å². The molecule has 2 aromatic heterocycles. The fourth-order valence-corrected chi connectivity index (χ4v) is 2.74. The van der Waals surface area contributed by atoms with E-state index in [0.29, 0.717) is 5.56 Å². The average molecular weight is 273 g/mol. The van der Waals surface area contributed by atoms with Crippen LogP contribution in [0.2, 0.25) is 0 Å². The maximum Gasteiger partial charge on any atom is 0.254 e. The van der Waals surface area contributed by atoms with Crippen molar-refractivity contribution in [3.63, 3.8) is 0 Å². The molecule has 6 nitrogen and oxygen atoms in total. The molecule has 1 saturated heterocycles. The van der Waals surface area contributed by atoms with Gasteiger partial charge in [0.25, 0.3) is 5.91 Å². The number of hydrogen-bond acceptors (Lipinski definition) is 4. The van der Waals surface area contributed by atoms with Crippen LogP contribution < -0.4 is 5.32 Å². The molecule has 0 spiro atoms. The van der Waals surface area contributed by atoms with Crippen molar-refractivity contribution in [2.75, 3.05) is 20.1 Å². The first-order valence-electron chi connectivity index (χ1n) is 6.85. The van der Waals surface area contributed by atoms with Gasteiger partial charge in [-0.05, 0) is 26.0 Å². The predicted molar refractivity (Wildman–Crippen MR) is 76.6 cm³/mol. The SMILES string of the molecule is Cc1cc(C(=O)N(C)[C@H]2CCNC2)c2cnn(C)c2n1. The number of aromatic nitrogens is 3. The molecule has 3 rings (SSSR count). The number of pyridine rings is 1. The molecule has 1 N–H and O–H groups in total. The maximum absolute atomic E-state index is 12.7. The van der Waals surface area contributed by atoms with Crippen LogP contribution in [0, 0.1) is 6.92 Å². The molecule has 0 saturated carbocycles. The fraction of sp³-hybridized carbons (Fsp3) is 0.500. The minimum absolute atomic E-state index is 0.0437. The van der Waals surface area contributed by atoms with Crippen LogP contribution in [0.4, 0.5) is 0 Å². The molecule has 0 bridgehead atoms. The molecule has 1 amide bonds. The second-order valence-corrected chi connectivity index (χ2v) is 5.38. The Balaban J connectivity index is 2.02. The van der Waals surface area contributed by atoms with E-state index < -0.39 is 0 Å². The van der Waals surface area contributed by atoms with Crippen molar-refractivity contribution in [2.24, 2.45) is 7.05 Å². The van der Waals surface area contributed by atoms with Gasteiger partial charge in [0, 0.05) is 32.4 Å². The van der Waals surface area contributed by atoms with Gasteiger partial charge in [-0.3, -0.25) is 9.48 Å². The molecule has 106 valence electrons. The van der Waals surface area contributed by atoms with Gasteiger partial charge < -0.3 is 10.2 Å².